The van der Waals surface area contributed by atoms with Crippen LogP contribution in [0.3, 0.4) is 0 Å². The second-order valence-electron chi connectivity index (χ2n) is 9.87. The molecule has 0 fully saturated rings. The fourth-order valence-electron chi connectivity index (χ4n) is 3.91. The van der Waals surface area contributed by atoms with Gasteiger partial charge in [-0.1, -0.05) is 53.6 Å². The van der Waals surface area contributed by atoms with Crippen LogP contribution in [-0.2, 0) is 26.3 Å². The molecule has 0 aliphatic rings. The third-order valence-electron chi connectivity index (χ3n) is 6.12. The molecule has 226 valence electrons. The number of sulfone groups is 1. The molecule has 2 N–H and O–H groups in total. The van der Waals surface area contributed by atoms with E-state index in [4.69, 9.17) is 9.47 Å². The normalized spacial score (nSPS) is 13.3. The van der Waals surface area contributed by atoms with Crippen LogP contribution in [0.15, 0.2) is 88.7 Å². The van der Waals surface area contributed by atoms with Crippen molar-refractivity contribution in [2.45, 2.75) is 42.2 Å². The van der Waals surface area contributed by atoms with Crippen LogP contribution in [0.25, 0.3) is 0 Å². The van der Waals surface area contributed by atoms with Crippen LogP contribution in [0.4, 0.5) is 0 Å². The summed E-state index contributed by atoms with van der Waals surface area (Å²) >= 11 is 0. The summed E-state index contributed by atoms with van der Waals surface area (Å²) in [6.07, 6.45) is 0.887. The van der Waals surface area contributed by atoms with Gasteiger partial charge in [-0.2, -0.15) is 4.31 Å². The largest absolute Gasteiger partial charge is 0.497 e. The SMILES string of the molecule is COc1ccc(S(=O)(=O)N(CC(C)C)C[C@@H](O)[C@H](Cc2ccccc2)NP)cc1.COc1ccc(S(C)(=O)=O)cc1. The Morgan fingerprint density at radius 1 is 0.805 bits per heavy atom. The molecule has 3 rings (SSSR count). The minimum Gasteiger partial charge on any atom is -0.497 e. The molecular weight excluding hydrogens is 583 g/mol. The van der Waals surface area contributed by atoms with Crippen molar-refractivity contribution in [1.29, 1.82) is 0 Å². The number of aliphatic hydroxyl groups excluding tert-OH is 1. The van der Waals surface area contributed by atoms with Gasteiger partial charge in [0, 0.05) is 25.4 Å². The van der Waals surface area contributed by atoms with Crippen molar-refractivity contribution in [3.05, 3.63) is 84.4 Å². The minimum absolute atomic E-state index is 0.00540. The van der Waals surface area contributed by atoms with Crippen molar-refractivity contribution in [3.63, 3.8) is 0 Å². The summed E-state index contributed by atoms with van der Waals surface area (Å²) in [5.74, 6) is 1.36. The van der Waals surface area contributed by atoms with Gasteiger partial charge >= 0.3 is 0 Å². The number of sulfonamides is 1. The molecule has 41 heavy (non-hydrogen) atoms. The predicted octanol–water partition coefficient (Wildman–Crippen LogP) is 3.79. The molecule has 0 bridgehead atoms. The molecule has 0 radical (unpaired) electrons. The van der Waals surface area contributed by atoms with E-state index >= 15 is 0 Å². The van der Waals surface area contributed by atoms with Gasteiger partial charge in [0.25, 0.3) is 0 Å². The Hall–Kier alpha value is -2.53. The number of aliphatic hydroxyl groups is 1. The van der Waals surface area contributed by atoms with E-state index in [0.717, 1.165) is 5.56 Å². The number of benzene rings is 3. The summed E-state index contributed by atoms with van der Waals surface area (Å²) in [7, 11) is -1.33. The highest BCUT2D eigenvalue weighted by molar-refractivity contribution is 7.90. The molecule has 0 heterocycles. The van der Waals surface area contributed by atoms with Crippen molar-refractivity contribution in [1.82, 2.24) is 9.39 Å². The van der Waals surface area contributed by atoms with Crippen LogP contribution in [0.5, 0.6) is 11.5 Å². The Balaban J connectivity index is 0.000000408. The predicted molar refractivity (Wildman–Crippen MR) is 165 cm³/mol. The number of nitrogens with one attached hydrogen (secondary N) is 1. The van der Waals surface area contributed by atoms with Gasteiger partial charge in [-0.05, 0) is 66.4 Å². The molecular formula is C29H41N2O7PS2. The van der Waals surface area contributed by atoms with Gasteiger partial charge in [0.05, 0.1) is 30.1 Å². The number of hydrogen-bond acceptors (Lipinski definition) is 8. The first-order chi connectivity index (χ1) is 19.3. The summed E-state index contributed by atoms with van der Waals surface area (Å²) in [5.41, 5.74) is 1.07. The van der Waals surface area contributed by atoms with Crippen LogP contribution in [0.2, 0.25) is 0 Å². The number of nitrogens with zero attached hydrogens (tertiary/aromatic N) is 1. The lowest BCUT2D eigenvalue weighted by molar-refractivity contribution is 0.111. The second-order valence-corrected chi connectivity index (χ2v) is 14.2. The molecule has 1 unspecified atom stereocenters. The average molecular weight is 625 g/mol. The van der Waals surface area contributed by atoms with Crippen LogP contribution >= 0.6 is 9.39 Å². The van der Waals surface area contributed by atoms with Gasteiger partial charge in [0.15, 0.2) is 9.84 Å². The van der Waals surface area contributed by atoms with Gasteiger partial charge in [-0.3, -0.25) is 5.09 Å². The number of ether oxygens (including phenoxy) is 2. The third-order valence-corrected chi connectivity index (χ3v) is 9.52. The standard InChI is InChI=1S/C21H31N2O4PS.C8H10O3S/c1-16(2)14-23(29(25,26)19-11-9-18(27-3)10-12-19)15-21(24)20(22-28)13-17-7-5-4-6-8-17;1-11-7-3-5-8(6-4-7)12(2,9)10/h4-12,16,20-22,24H,13-15,28H2,1-3H3;3-6H,1-2H3/t20-,21+;/m0./s1. The first-order valence-corrected chi connectivity index (χ1v) is 16.9. The van der Waals surface area contributed by atoms with Gasteiger partial charge in [-0.25, -0.2) is 16.8 Å². The maximum Gasteiger partial charge on any atom is 0.243 e. The summed E-state index contributed by atoms with van der Waals surface area (Å²) in [6.45, 7) is 4.24. The number of hydrogen-bond donors (Lipinski definition) is 2. The van der Waals surface area contributed by atoms with Crippen molar-refractivity contribution in [3.8, 4) is 11.5 Å². The zero-order valence-electron chi connectivity index (χ0n) is 24.1. The van der Waals surface area contributed by atoms with E-state index in [9.17, 15) is 21.9 Å². The highest BCUT2D eigenvalue weighted by atomic mass is 32.2. The first-order valence-electron chi connectivity index (χ1n) is 13.0. The van der Waals surface area contributed by atoms with E-state index in [2.05, 4.69) is 14.5 Å². The lowest BCUT2D eigenvalue weighted by atomic mass is 10.0. The van der Waals surface area contributed by atoms with E-state index in [0.29, 0.717) is 29.4 Å². The highest BCUT2D eigenvalue weighted by Gasteiger charge is 2.30. The molecule has 9 nitrogen and oxygen atoms in total. The molecule has 0 aromatic heterocycles. The maximum atomic E-state index is 13.2. The third kappa shape index (κ3) is 11.0. The van der Waals surface area contributed by atoms with Crippen LogP contribution in [-0.4, -0.2) is 72.0 Å². The maximum absolute atomic E-state index is 13.2. The van der Waals surface area contributed by atoms with E-state index in [-0.39, 0.29) is 23.4 Å². The Labute approximate surface area is 247 Å². The smallest absolute Gasteiger partial charge is 0.243 e. The van der Waals surface area contributed by atoms with Crippen molar-refractivity contribution < 1.29 is 31.4 Å². The molecule has 0 saturated heterocycles. The Morgan fingerprint density at radius 3 is 1.71 bits per heavy atom. The Bertz CT molecular complexity index is 1400. The zero-order chi connectivity index (χ0) is 30.6. The zero-order valence-corrected chi connectivity index (χ0v) is 26.9. The van der Waals surface area contributed by atoms with Crippen LogP contribution < -0.4 is 14.6 Å². The average Bonchev–Trinajstić information content (AvgIpc) is 2.95. The van der Waals surface area contributed by atoms with Crippen molar-refractivity contribution in [2.24, 2.45) is 5.92 Å². The molecule has 0 aliphatic carbocycles. The highest BCUT2D eigenvalue weighted by Crippen LogP contribution is 2.22. The van der Waals surface area contributed by atoms with Gasteiger partial charge in [0.1, 0.15) is 11.5 Å². The summed E-state index contributed by atoms with van der Waals surface area (Å²) in [5, 5.41) is 13.9. The van der Waals surface area contributed by atoms with E-state index in [1.807, 2.05) is 44.2 Å². The summed E-state index contributed by atoms with van der Waals surface area (Å²) in [6, 6.07) is 22.1. The van der Waals surface area contributed by atoms with E-state index in [1.165, 1.54) is 49.0 Å². The molecule has 0 amide bonds. The monoisotopic (exact) mass is 624 g/mol. The fraction of sp³-hybridized carbons (Fsp3) is 0.379. The van der Waals surface area contributed by atoms with Crippen molar-refractivity contribution in [2.75, 3.05) is 33.6 Å². The fourth-order valence-corrected chi connectivity index (χ4v) is 6.50. The van der Waals surface area contributed by atoms with Crippen LogP contribution in [0.1, 0.15) is 19.4 Å². The topological polar surface area (TPSA) is 122 Å². The molecule has 0 saturated carbocycles. The van der Waals surface area contributed by atoms with Gasteiger partial charge < -0.3 is 14.6 Å². The Kier molecular flexibility index (Phi) is 13.7. The molecule has 12 heteroatoms. The lowest BCUT2D eigenvalue weighted by Crippen LogP contribution is -2.47. The molecule has 3 atom stereocenters. The number of rotatable bonds is 13. The molecule has 0 spiro atoms. The van der Waals surface area contributed by atoms with Gasteiger partial charge in [-0.15, -0.1) is 0 Å². The summed E-state index contributed by atoms with van der Waals surface area (Å²) in [4.78, 5) is 0.493. The van der Waals surface area contributed by atoms with E-state index < -0.39 is 26.0 Å². The molecule has 3 aromatic rings. The van der Waals surface area contributed by atoms with E-state index in [1.54, 1.807) is 24.3 Å². The van der Waals surface area contributed by atoms with Crippen molar-refractivity contribution >= 4 is 29.3 Å². The first kappa shape index (κ1) is 34.7. The number of methoxy groups -OCH3 is 2. The molecule has 0 aliphatic heterocycles. The second kappa shape index (κ2) is 16.2. The van der Waals surface area contributed by atoms with Gasteiger partial charge in [0.2, 0.25) is 10.0 Å². The minimum atomic E-state index is -3.75. The van der Waals surface area contributed by atoms with Crippen LogP contribution in [0, 0.1) is 5.92 Å². The quantitative estimate of drug-likeness (QED) is 0.276. The molecule has 3 aromatic carbocycles. The lowest BCUT2D eigenvalue weighted by Gasteiger charge is -2.30. The Morgan fingerprint density at radius 2 is 1.29 bits per heavy atom. The summed E-state index contributed by atoms with van der Waals surface area (Å²) < 4.78 is 59.8.